The van der Waals surface area contributed by atoms with E-state index in [1.165, 1.54) is 27.7 Å². The van der Waals surface area contributed by atoms with Crippen LogP contribution in [-0.4, -0.2) is 25.2 Å². The van der Waals surface area contributed by atoms with Gasteiger partial charge in [0.2, 0.25) is 11.0 Å². The highest BCUT2D eigenvalue weighted by Crippen LogP contribution is 2.28. The molecule has 0 saturated carbocycles. The first kappa shape index (κ1) is 20.8. The van der Waals surface area contributed by atoms with Crippen LogP contribution >= 0.6 is 23.1 Å². The van der Waals surface area contributed by atoms with E-state index >= 15 is 0 Å². The minimum atomic E-state index is -0.333. The fraction of sp³-hybridized carbons (Fsp3) is 0.190. The van der Waals surface area contributed by atoms with Crippen LogP contribution in [0.1, 0.15) is 18.1 Å². The number of nitrogens with zero attached hydrogens (tertiary/aromatic N) is 5. The van der Waals surface area contributed by atoms with Gasteiger partial charge in [-0.1, -0.05) is 47.4 Å². The molecule has 31 heavy (non-hydrogen) atoms. The molecule has 0 aliphatic heterocycles. The molecule has 2 heterocycles. The molecular formula is C21H18N6O2S2. The zero-order valence-electron chi connectivity index (χ0n) is 16.6. The number of aromatic nitrogens is 4. The number of fused-ring (bicyclic) bond motifs is 1. The number of hydrogen-bond acceptors (Lipinski definition) is 7. The lowest BCUT2D eigenvalue weighted by atomic mass is 10.2. The van der Waals surface area contributed by atoms with Gasteiger partial charge < -0.3 is 0 Å². The lowest BCUT2D eigenvalue weighted by Gasteiger charge is -2.03. The zero-order chi connectivity index (χ0) is 21.8. The topological polar surface area (TPSA) is 106 Å². The summed E-state index contributed by atoms with van der Waals surface area (Å²) in [6.07, 6.45) is 0. The third kappa shape index (κ3) is 4.52. The van der Waals surface area contributed by atoms with Gasteiger partial charge >= 0.3 is 5.69 Å². The second kappa shape index (κ2) is 9.16. The number of anilines is 1. The molecule has 0 saturated heterocycles. The number of carbonyl (C=O) groups excluding carboxylic acids is 1. The van der Waals surface area contributed by atoms with E-state index in [-0.39, 0.29) is 18.1 Å². The lowest BCUT2D eigenvalue weighted by molar-refractivity contribution is -0.116. The fourth-order valence-electron chi connectivity index (χ4n) is 3.17. The number of nitriles is 1. The van der Waals surface area contributed by atoms with Crippen molar-refractivity contribution in [3.8, 4) is 6.07 Å². The summed E-state index contributed by atoms with van der Waals surface area (Å²) in [5.74, 6) is 0.348. The zero-order valence-corrected chi connectivity index (χ0v) is 18.2. The number of amides is 1. The molecular weight excluding hydrogens is 432 g/mol. The largest absolute Gasteiger partial charge is 0.329 e. The summed E-state index contributed by atoms with van der Waals surface area (Å²) in [6, 6.07) is 16.9. The number of benzene rings is 2. The predicted octanol–water partition coefficient (Wildman–Crippen LogP) is 3.48. The average molecular weight is 451 g/mol. The maximum Gasteiger partial charge on any atom is 0.329 e. The Labute approximate surface area is 186 Å². The van der Waals surface area contributed by atoms with Crippen molar-refractivity contribution in [1.29, 1.82) is 5.26 Å². The predicted molar refractivity (Wildman–Crippen MR) is 121 cm³/mol. The Morgan fingerprint density at radius 2 is 1.84 bits per heavy atom. The monoisotopic (exact) mass is 450 g/mol. The molecule has 2 aromatic carbocycles. The lowest BCUT2D eigenvalue weighted by Crippen LogP contribution is -2.29. The quantitative estimate of drug-likeness (QED) is 0.341. The third-order valence-electron chi connectivity index (χ3n) is 4.64. The van der Waals surface area contributed by atoms with Crippen LogP contribution in [0.4, 0.5) is 5.13 Å². The molecule has 156 valence electrons. The number of nitrogens with one attached hydrogen (secondary N) is 1. The fourth-order valence-corrected chi connectivity index (χ4v) is 4.90. The standard InChI is InChI=1S/C21H18N6O2S2/c1-2-26-16-5-3-4-6-17(16)27(21(26)29)12-18(28)23-19-24-25-20(31-19)30-13-15-9-7-14(11-22)8-10-15/h3-10H,2,12-13H2,1H3,(H,23,24,28). The van der Waals surface area contributed by atoms with Crippen molar-refractivity contribution < 1.29 is 4.79 Å². The molecule has 0 radical (unpaired) electrons. The maximum atomic E-state index is 12.7. The minimum absolute atomic E-state index is 0.0976. The number of para-hydroxylation sites is 2. The molecule has 0 bridgehead atoms. The maximum absolute atomic E-state index is 12.7. The minimum Gasteiger partial charge on any atom is -0.299 e. The van der Waals surface area contributed by atoms with Gasteiger partial charge in [-0.25, -0.2) is 4.79 Å². The first-order valence-corrected chi connectivity index (χ1v) is 11.3. The molecule has 4 aromatic rings. The van der Waals surface area contributed by atoms with E-state index in [0.717, 1.165) is 20.9 Å². The normalized spacial score (nSPS) is 10.8. The highest BCUT2D eigenvalue weighted by atomic mass is 32.2. The van der Waals surface area contributed by atoms with E-state index in [1.807, 2.05) is 43.3 Å². The van der Waals surface area contributed by atoms with Crippen molar-refractivity contribution in [2.24, 2.45) is 0 Å². The number of rotatable bonds is 7. The van der Waals surface area contributed by atoms with Gasteiger partial charge in [-0.2, -0.15) is 5.26 Å². The van der Waals surface area contributed by atoms with E-state index in [4.69, 9.17) is 5.26 Å². The summed E-state index contributed by atoms with van der Waals surface area (Å²) in [6.45, 7) is 2.33. The van der Waals surface area contributed by atoms with E-state index < -0.39 is 0 Å². The van der Waals surface area contributed by atoms with Crippen LogP contribution in [0.2, 0.25) is 0 Å². The summed E-state index contributed by atoms with van der Waals surface area (Å²) < 4.78 is 3.83. The Morgan fingerprint density at radius 3 is 2.52 bits per heavy atom. The summed E-state index contributed by atoms with van der Waals surface area (Å²) >= 11 is 2.78. The second-order valence-electron chi connectivity index (χ2n) is 6.62. The molecule has 0 aliphatic rings. The molecule has 0 aliphatic carbocycles. The van der Waals surface area contributed by atoms with Crippen LogP contribution in [0.3, 0.4) is 0 Å². The van der Waals surface area contributed by atoms with Gasteiger partial charge in [0.15, 0.2) is 4.34 Å². The molecule has 8 nitrogen and oxygen atoms in total. The van der Waals surface area contributed by atoms with E-state index in [9.17, 15) is 9.59 Å². The van der Waals surface area contributed by atoms with Crippen LogP contribution in [-0.2, 0) is 23.6 Å². The summed E-state index contributed by atoms with van der Waals surface area (Å²) in [4.78, 5) is 25.2. The summed E-state index contributed by atoms with van der Waals surface area (Å²) in [7, 11) is 0. The summed E-state index contributed by atoms with van der Waals surface area (Å²) in [5.41, 5.74) is 3.00. The van der Waals surface area contributed by atoms with Crippen molar-refractivity contribution in [2.45, 2.75) is 30.1 Å². The average Bonchev–Trinajstić information content (AvgIpc) is 3.34. The van der Waals surface area contributed by atoms with Crippen LogP contribution in [0.15, 0.2) is 57.7 Å². The smallest absolute Gasteiger partial charge is 0.299 e. The Morgan fingerprint density at radius 1 is 1.13 bits per heavy atom. The van der Waals surface area contributed by atoms with Crippen LogP contribution in [0.5, 0.6) is 0 Å². The van der Waals surface area contributed by atoms with E-state index in [0.29, 0.717) is 23.0 Å². The Hall–Kier alpha value is -3.42. The molecule has 4 rings (SSSR count). The molecule has 0 atom stereocenters. The molecule has 0 unspecified atom stereocenters. The number of thioether (sulfide) groups is 1. The van der Waals surface area contributed by atoms with Gasteiger partial charge in [0.25, 0.3) is 0 Å². The number of hydrogen-bond donors (Lipinski definition) is 1. The number of aryl methyl sites for hydroxylation is 1. The first-order chi connectivity index (χ1) is 15.1. The number of imidazole rings is 1. The Bertz CT molecular complexity index is 1330. The summed E-state index contributed by atoms with van der Waals surface area (Å²) in [5, 5.41) is 20.1. The Kier molecular flexibility index (Phi) is 6.16. The SMILES string of the molecule is CCn1c(=O)n(CC(=O)Nc2nnc(SCc3ccc(C#N)cc3)s2)c2ccccc21. The van der Waals surface area contributed by atoms with Gasteiger partial charge in [0.1, 0.15) is 6.54 Å². The van der Waals surface area contributed by atoms with Gasteiger partial charge in [-0.3, -0.25) is 19.2 Å². The highest BCUT2D eigenvalue weighted by Gasteiger charge is 2.16. The van der Waals surface area contributed by atoms with Gasteiger partial charge in [0.05, 0.1) is 22.7 Å². The van der Waals surface area contributed by atoms with Crippen molar-refractivity contribution in [1.82, 2.24) is 19.3 Å². The molecule has 10 heteroatoms. The van der Waals surface area contributed by atoms with Gasteiger partial charge in [-0.05, 0) is 36.8 Å². The van der Waals surface area contributed by atoms with Crippen molar-refractivity contribution in [3.05, 3.63) is 70.1 Å². The number of carbonyl (C=O) groups is 1. The molecule has 1 N–H and O–H groups in total. The van der Waals surface area contributed by atoms with Crippen molar-refractivity contribution in [3.63, 3.8) is 0 Å². The third-order valence-corrected chi connectivity index (χ3v) is 6.68. The van der Waals surface area contributed by atoms with Gasteiger partial charge in [-0.15, -0.1) is 10.2 Å². The van der Waals surface area contributed by atoms with Crippen LogP contribution < -0.4 is 11.0 Å². The molecule has 0 spiro atoms. The highest BCUT2D eigenvalue weighted by molar-refractivity contribution is 8.00. The van der Waals surface area contributed by atoms with Crippen LogP contribution in [0.25, 0.3) is 11.0 Å². The first-order valence-electron chi connectivity index (χ1n) is 9.52. The Balaban J connectivity index is 1.40. The van der Waals surface area contributed by atoms with Crippen molar-refractivity contribution in [2.75, 3.05) is 5.32 Å². The molecule has 2 aromatic heterocycles. The second-order valence-corrected chi connectivity index (χ2v) is 8.82. The van der Waals surface area contributed by atoms with Gasteiger partial charge in [0, 0.05) is 12.3 Å². The molecule has 0 fully saturated rings. The van der Waals surface area contributed by atoms with Crippen LogP contribution in [0, 0.1) is 11.3 Å². The molecule has 1 amide bonds. The van der Waals surface area contributed by atoms with E-state index in [2.05, 4.69) is 21.6 Å². The van der Waals surface area contributed by atoms with E-state index in [1.54, 1.807) is 16.7 Å². The van der Waals surface area contributed by atoms with Crippen molar-refractivity contribution >= 4 is 45.2 Å².